The van der Waals surface area contributed by atoms with E-state index in [9.17, 15) is 19.5 Å². The molecule has 3 aliphatic rings. The Morgan fingerprint density at radius 3 is 2.21 bits per heavy atom. The van der Waals surface area contributed by atoms with Gasteiger partial charge in [-0.05, 0) is 54.9 Å². The van der Waals surface area contributed by atoms with Gasteiger partial charge in [0.2, 0.25) is 5.91 Å². The van der Waals surface area contributed by atoms with Crippen molar-refractivity contribution in [2.24, 2.45) is 0 Å². The highest BCUT2D eigenvalue weighted by Gasteiger charge is 2.51. The third-order valence-corrected chi connectivity index (χ3v) is 7.46. The number of carbonyl (C=O) groups excluding carboxylic acids is 2. The van der Waals surface area contributed by atoms with Crippen LogP contribution in [0.4, 0.5) is 4.79 Å². The summed E-state index contributed by atoms with van der Waals surface area (Å²) in [5.41, 5.74) is 2.81. The maximum Gasteiger partial charge on any atom is 0.407 e. The molecule has 0 spiro atoms. The van der Waals surface area contributed by atoms with Gasteiger partial charge in [-0.1, -0.05) is 48.5 Å². The number of hydrogen-bond donors (Lipinski definition) is 2. The Labute approximate surface area is 192 Å². The molecule has 1 saturated carbocycles. The van der Waals surface area contributed by atoms with Gasteiger partial charge >= 0.3 is 12.1 Å². The lowest BCUT2D eigenvalue weighted by Gasteiger charge is -2.32. The summed E-state index contributed by atoms with van der Waals surface area (Å²) in [6, 6.07) is 16.3. The van der Waals surface area contributed by atoms with Gasteiger partial charge in [-0.25, -0.2) is 9.59 Å². The van der Waals surface area contributed by atoms with Crippen LogP contribution in [0.25, 0.3) is 11.1 Å². The molecule has 7 nitrogen and oxygen atoms in total. The highest BCUT2D eigenvalue weighted by atomic mass is 16.5. The van der Waals surface area contributed by atoms with Crippen LogP contribution >= 0.6 is 0 Å². The highest BCUT2D eigenvalue weighted by Crippen LogP contribution is 2.45. The van der Waals surface area contributed by atoms with Crippen LogP contribution in [0, 0.1) is 0 Å². The van der Waals surface area contributed by atoms with Crippen LogP contribution < -0.4 is 5.32 Å². The molecule has 0 radical (unpaired) electrons. The molecule has 1 heterocycles. The first kappa shape index (κ1) is 21.5. The molecule has 1 aliphatic heterocycles. The third-order valence-electron chi connectivity index (χ3n) is 7.46. The topological polar surface area (TPSA) is 95.9 Å². The SMILES string of the molecule is C[C@]1(C(=O)O)CCCN1C(=O)CC1(NC(=O)OCC2c3ccccc3-c3ccccc32)CC1. The van der Waals surface area contributed by atoms with E-state index in [1.807, 2.05) is 24.3 Å². The number of ether oxygens (including phenoxy) is 1. The van der Waals surface area contributed by atoms with Crippen LogP contribution in [0.15, 0.2) is 48.5 Å². The lowest BCUT2D eigenvalue weighted by atomic mass is 9.98. The second-order valence-corrected chi connectivity index (χ2v) is 9.64. The first-order valence-corrected chi connectivity index (χ1v) is 11.5. The zero-order valence-corrected chi connectivity index (χ0v) is 18.7. The van der Waals surface area contributed by atoms with Crippen LogP contribution in [0.3, 0.4) is 0 Å². The largest absolute Gasteiger partial charge is 0.480 e. The second-order valence-electron chi connectivity index (χ2n) is 9.64. The minimum atomic E-state index is -1.17. The summed E-state index contributed by atoms with van der Waals surface area (Å²) in [7, 11) is 0. The summed E-state index contributed by atoms with van der Waals surface area (Å²) in [5.74, 6) is -1.24. The monoisotopic (exact) mass is 448 g/mol. The number of alkyl carbamates (subject to hydrolysis) is 1. The highest BCUT2D eigenvalue weighted by molar-refractivity contribution is 5.88. The standard InChI is InChI=1S/C26H28N2O5/c1-25(23(30)31)11-6-14-28(25)22(29)15-26(12-13-26)27-24(32)33-16-21-19-9-4-2-7-17(19)18-8-3-5-10-20(18)21/h2-5,7-10,21H,6,11-16H2,1H3,(H,27,32)(H,30,31)/t25-/m1/s1. The number of rotatable bonds is 6. The van der Waals surface area contributed by atoms with Gasteiger partial charge < -0.3 is 20.1 Å². The van der Waals surface area contributed by atoms with E-state index < -0.39 is 23.1 Å². The molecule has 2 fully saturated rings. The average molecular weight is 449 g/mol. The molecule has 33 heavy (non-hydrogen) atoms. The van der Waals surface area contributed by atoms with Crippen LogP contribution in [0.2, 0.25) is 0 Å². The molecule has 1 atom stereocenters. The summed E-state index contributed by atoms with van der Waals surface area (Å²) >= 11 is 0. The molecule has 0 aromatic heterocycles. The van der Waals surface area contributed by atoms with Gasteiger partial charge in [0.1, 0.15) is 12.1 Å². The fourth-order valence-electron chi connectivity index (χ4n) is 5.32. The van der Waals surface area contributed by atoms with Crippen molar-refractivity contribution in [3.8, 4) is 11.1 Å². The van der Waals surface area contributed by atoms with Gasteiger partial charge in [0.15, 0.2) is 0 Å². The molecule has 5 rings (SSSR count). The van der Waals surface area contributed by atoms with E-state index in [4.69, 9.17) is 4.74 Å². The molecule has 1 saturated heterocycles. The Balaban J connectivity index is 1.22. The maximum atomic E-state index is 12.9. The van der Waals surface area contributed by atoms with E-state index >= 15 is 0 Å². The van der Waals surface area contributed by atoms with Gasteiger partial charge in [0.25, 0.3) is 0 Å². The number of nitrogens with zero attached hydrogens (tertiary/aromatic N) is 1. The van der Waals surface area contributed by atoms with E-state index in [1.165, 1.54) is 16.0 Å². The van der Waals surface area contributed by atoms with Crippen molar-refractivity contribution in [2.75, 3.05) is 13.2 Å². The van der Waals surface area contributed by atoms with Crippen LogP contribution in [0.1, 0.15) is 56.1 Å². The van der Waals surface area contributed by atoms with Crippen molar-refractivity contribution in [3.63, 3.8) is 0 Å². The molecule has 2 aromatic carbocycles. The average Bonchev–Trinajstić information content (AvgIpc) is 3.28. The van der Waals surface area contributed by atoms with Crippen LogP contribution in [-0.4, -0.2) is 52.2 Å². The zero-order valence-electron chi connectivity index (χ0n) is 18.7. The van der Waals surface area contributed by atoms with Gasteiger partial charge in [0, 0.05) is 12.5 Å². The summed E-state index contributed by atoms with van der Waals surface area (Å²) in [4.78, 5) is 38.7. The summed E-state index contributed by atoms with van der Waals surface area (Å²) in [6.07, 6.45) is 2.04. The van der Waals surface area contributed by atoms with Gasteiger partial charge in [-0.3, -0.25) is 4.79 Å². The lowest BCUT2D eigenvalue weighted by molar-refractivity contribution is -0.155. The quantitative estimate of drug-likeness (QED) is 0.699. The number of likely N-dealkylation sites (tertiary alicyclic amines) is 1. The Hall–Kier alpha value is -3.35. The first-order valence-electron chi connectivity index (χ1n) is 11.5. The van der Waals surface area contributed by atoms with Gasteiger partial charge in [0.05, 0.1) is 12.0 Å². The summed E-state index contributed by atoms with van der Waals surface area (Å²) in [5, 5.41) is 12.5. The van der Waals surface area contributed by atoms with Crippen LogP contribution in [-0.2, 0) is 14.3 Å². The smallest absolute Gasteiger partial charge is 0.407 e. The molecule has 2 amide bonds. The summed E-state index contributed by atoms with van der Waals surface area (Å²) in [6.45, 7) is 2.24. The number of fused-ring (bicyclic) bond motifs is 3. The minimum absolute atomic E-state index is 0.0270. The molecular formula is C26H28N2O5. The van der Waals surface area contributed by atoms with Crippen LogP contribution in [0.5, 0.6) is 0 Å². The third kappa shape index (κ3) is 3.75. The fraction of sp³-hybridized carbons (Fsp3) is 0.423. The van der Waals surface area contributed by atoms with Crippen molar-refractivity contribution in [1.82, 2.24) is 10.2 Å². The van der Waals surface area contributed by atoms with E-state index in [-0.39, 0.29) is 24.9 Å². The molecule has 7 heteroatoms. The van der Waals surface area contributed by atoms with Crippen molar-refractivity contribution in [3.05, 3.63) is 59.7 Å². The second kappa shape index (κ2) is 7.90. The van der Waals surface area contributed by atoms with Gasteiger partial charge in [-0.15, -0.1) is 0 Å². The van der Waals surface area contributed by atoms with Crippen molar-refractivity contribution < 1.29 is 24.2 Å². The minimum Gasteiger partial charge on any atom is -0.480 e. The van der Waals surface area contributed by atoms with Crippen molar-refractivity contribution in [1.29, 1.82) is 0 Å². The number of carboxylic acid groups (broad SMARTS) is 1. The molecule has 0 bridgehead atoms. The van der Waals surface area contributed by atoms with E-state index in [0.29, 0.717) is 32.2 Å². The Kier molecular flexibility index (Phi) is 5.15. The number of nitrogens with one attached hydrogen (secondary N) is 1. The summed E-state index contributed by atoms with van der Waals surface area (Å²) < 4.78 is 5.63. The Morgan fingerprint density at radius 1 is 1.03 bits per heavy atom. The van der Waals surface area contributed by atoms with E-state index in [2.05, 4.69) is 29.6 Å². The predicted octanol–water partition coefficient (Wildman–Crippen LogP) is 3.91. The molecule has 2 aromatic rings. The molecule has 2 aliphatic carbocycles. The van der Waals surface area contributed by atoms with E-state index in [0.717, 1.165) is 11.1 Å². The molecule has 2 N–H and O–H groups in total. The maximum absolute atomic E-state index is 12.9. The first-order chi connectivity index (χ1) is 15.8. The normalized spacial score (nSPS) is 22.4. The van der Waals surface area contributed by atoms with Crippen molar-refractivity contribution in [2.45, 2.75) is 56.0 Å². The lowest BCUT2D eigenvalue weighted by Crippen LogP contribution is -2.52. The Bertz CT molecular complexity index is 1080. The van der Waals surface area contributed by atoms with Gasteiger partial charge in [-0.2, -0.15) is 0 Å². The molecule has 172 valence electrons. The number of hydrogen-bond acceptors (Lipinski definition) is 4. The Morgan fingerprint density at radius 2 is 1.64 bits per heavy atom. The fourth-order valence-corrected chi connectivity index (χ4v) is 5.32. The number of amides is 2. The number of benzene rings is 2. The number of aliphatic carboxylic acids is 1. The van der Waals surface area contributed by atoms with Crippen molar-refractivity contribution >= 4 is 18.0 Å². The molecule has 0 unspecified atom stereocenters. The molecular weight excluding hydrogens is 420 g/mol. The van der Waals surface area contributed by atoms with E-state index in [1.54, 1.807) is 6.92 Å². The zero-order chi connectivity index (χ0) is 23.2. The predicted molar refractivity (Wildman–Crippen MR) is 122 cm³/mol. The number of carboxylic acids is 1. The number of carbonyl (C=O) groups is 3.